The third-order valence-corrected chi connectivity index (χ3v) is 1.81. The van der Waals surface area contributed by atoms with Gasteiger partial charge in [-0.15, -0.1) is 0 Å². The van der Waals surface area contributed by atoms with Crippen LogP contribution in [0.3, 0.4) is 0 Å². The number of rotatable bonds is 2. The predicted molar refractivity (Wildman–Crippen MR) is 37.6 cm³/mol. The van der Waals surface area contributed by atoms with Crippen molar-refractivity contribution in [2.75, 3.05) is 6.61 Å². The van der Waals surface area contributed by atoms with Crippen LogP contribution in [0.2, 0.25) is 0 Å². The van der Waals surface area contributed by atoms with Crippen molar-refractivity contribution >= 4 is 0 Å². The van der Waals surface area contributed by atoms with Gasteiger partial charge in [0.25, 0.3) is 0 Å². The molecular weight excluding hydrogens is 166 g/mol. The SMILES string of the molecule is NOCC1O[C@@H](O)C[C@H](O)[C@H]1O. The molecule has 0 amide bonds. The molecular formula is C6H13NO5. The highest BCUT2D eigenvalue weighted by Gasteiger charge is 2.35. The Morgan fingerprint density at radius 1 is 1.42 bits per heavy atom. The molecule has 5 N–H and O–H groups in total. The van der Waals surface area contributed by atoms with Crippen molar-refractivity contribution in [1.82, 2.24) is 0 Å². The van der Waals surface area contributed by atoms with E-state index in [-0.39, 0.29) is 13.0 Å². The third kappa shape index (κ3) is 2.13. The van der Waals surface area contributed by atoms with E-state index in [1.807, 2.05) is 0 Å². The summed E-state index contributed by atoms with van der Waals surface area (Å²) in [6.07, 6.45) is -3.88. The molecule has 1 aliphatic heterocycles. The standard InChI is InChI=1S/C6H13NO5/c7-11-2-4-6(10)3(8)1-5(9)12-4/h3-6,8-10H,1-2,7H2/t3-,4?,5+,6+/m0/s1. The lowest BCUT2D eigenvalue weighted by Crippen LogP contribution is -2.50. The van der Waals surface area contributed by atoms with Crippen molar-refractivity contribution < 1.29 is 24.9 Å². The van der Waals surface area contributed by atoms with E-state index < -0.39 is 24.6 Å². The Morgan fingerprint density at radius 3 is 2.67 bits per heavy atom. The van der Waals surface area contributed by atoms with Gasteiger partial charge >= 0.3 is 0 Å². The van der Waals surface area contributed by atoms with Crippen molar-refractivity contribution in [3.8, 4) is 0 Å². The van der Waals surface area contributed by atoms with Crippen LogP contribution in [0.1, 0.15) is 6.42 Å². The normalized spacial score (nSPS) is 43.0. The molecule has 1 unspecified atom stereocenters. The predicted octanol–water partition coefficient (Wildman–Crippen LogP) is -2.29. The monoisotopic (exact) mass is 179 g/mol. The maximum Gasteiger partial charge on any atom is 0.157 e. The van der Waals surface area contributed by atoms with Gasteiger partial charge in [-0.1, -0.05) is 0 Å². The number of nitrogens with two attached hydrogens (primary N) is 1. The van der Waals surface area contributed by atoms with Gasteiger partial charge in [-0.25, -0.2) is 5.90 Å². The first kappa shape index (κ1) is 9.85. The molecule has 1 rings (SSSR count). The van der Waals surface area contributed by atoms with Crippen molar-refractivity contribution in [2.24, 2.45) is 5.90 Å². The highest BCUT2D eigenvalue weighted by molar-refractivity contribution is 4.81. The van der Waals surface area contributed by atoms with Crippen LogP contribution in [-0.4, -0.2) is 46.5 Å². The fourth-order valence-corrected chi connectivity index (χ4v) is 1.16. The van der Waals surface area contributed by atoms with Crippen LogP contribution in [0.4, 0.5) is 0 Å². The van der Waals surface area contributed by atoms with E-state index in [0.29, 0.717) is 0 Å². The molecule has 0 saturated carbocycles. The van der Waals surface area contributed by atoms with E-state index in [1.165, 1.54) is 0 Å². The molecule has 72 valence electrons. The van der Waals surface area contributed by atoms with Gasteiger partial charge in [0, 0.05) is 6.42 Å². The topological polar surface area (TPSA) is 105 Å². The van der Waals surface area contributed by atoms with E-state index in [4.69, 9.17) is 20.8 Å². The number of aliphatic hydroxyl groups is 3. The molecule has 0 bridgehead atoms. The van der Waals surface area contributed by atoms with Gasteiger partial charge in [0.15, 0.2) is 6.29 Å². The molecule has 0 aromatic heterocycles. The van der Waals surface area contributed by atoms with Crippen LogP contribution >= 0.6 is 0 Å². The van der Waals surface area contributed by atoms with Crippen molar-refractivity contribution in [2.45, 2.75) is 31.0 Å². The fourth-order valence-electron chi connectivity index (χ4n) is 1.16. The Kier molecular flexibility index (Phi) is 3.39. The lowest BCUT2D eigenvalue weighted by Gasteiger charge is -2.34. The van der Waals surface area contributed by atoms with E-state index in [0.717, 1.165) is 0 Å². The van der Waals surface area contributed by atoms with Gasteiger partial charge in [-0.05, 0) is 0 Å². The molecule has 6 heteroatoms. The maximum atomic E-state index is 9.26. The van der Waals surface area contributed by atoms with Gasteiger partial charge in [-0.3, -0.25) is 0 Å². The Morgan fingerprint density at radius 2 is 2.08 bits per heavy atom. The Balaban J connectivity index is 2.47. The van der Waals surface area contributed by atoms with Crippen LogP contribution in [-0.2, 0) is 9.57 Å². The van der Waals surface area contributed by atoms with Gasteiger partial charge in [0.05, 0.1) is 12.7 Å². The second-order valence-corrected chi connectivity index (χ2v) is 2.76. The Hall–Kier alpha value is -0.240. The first-order chi connectivity index (χ1) is 5.65. The molecule has 1 saturated heterocycles. The number of aliphatic hydroxyl groups excluding tert-OH is 3. The van der Waals surface area contributed by atoms with Crippen molar-refractivity contribution in [3.05, 3.63) is 0 Å². The highest BCUT2D eigenvalue weighted by atomic mass is 16.7. The molecule has 4 atom stereocenters. The first-order valence-corrected chi connectivity index (χ1v) is 3.66. The molecule has 1 aliphatic rings. The lowest BCUT2D eigenvalue weighted by molar-refractivity contribution is -0.243. The molecule has 6 nitrogen and oxygen atoms in total. The van der Waals surface area contributed by atoms with Gasteiger partial charge in [-0.2, -0.15) is 0 Å². The van der Waals surface area contributed by atoms with Crippen molar-refractivity contribution in [3.63, 3.8) is 0 Å². The summed E-state index contributed by atoms with van der Waals surface area (Å²) in [5, 5.41) is 27.4. The molecule has 0 aromatic carbocycles. The summed E-state index contributed by atoms with van der Waals surface area (Å²) in [6.45, 7) is -0.0602. The van der Waals surface area contributed by atoms with E-state index in [1.54, 1.807) is 0 Å². The zero-order chi connectivity index (χ0) is 9.14. The summed E-state index contributed by atoms with van der Waals surface area (Å²) >= 11 is 0. The minimum atomic E-state index is -1.07. The van der Waals surface area contributed by atoms with Crippen LogP contribution in [0, 0.1) is 0 Å². The largest absolute Gasteiger partial charge is 0.390 e. The Bertz CT molecular complexity index is 144. The molecule has 0 aromatic rings. The number of hydrogen-bond donors (Lipinski definition) is 4. The van der Waals surface area contributed by atoms with E-state index >= 15 is 0 Å². The summed E-state index contributed by atoms with van der Waals surface area (Å²) < 4.78 is 4.85. The van der Waals surface area contributed by atoms with E-state index in [9.17, 15) is 5.11 Å². The van der Waals surface area contributed by atoms with Crippen LogP contribution in [0.25, 0.3) is 0 Å². The number of ether oxygens (including phenoxy) is 1. The highest BCUT2D eigenvalue weighted by Crippen LogP contribution is 2.18. The quantitative estimate of drug-likeness (QED) is 0.355. The summed E-state index contributed by atoms with van der Waals surface area (Å²) in [6, 6.07) is 0. The smallest absolute Gasteiger partial charge is 0.157 e. The second kappa shape index (κ2) is 4.13. The van der Waals surface area contributed by atoms with Crippen LogP contribution < -0.4 is 5.90 Å². The average Bonchev–Trinajstić information content (AvgIpc) is 2.00. The zero-order valence-corrected chi connectivity index (χ0v) is 6.46. The third-order valence-electron chi connectivity index (χ3n) is 1.81. The van der Waals surface area contributed by atoms with E-state index in [2.05, 4.69) is 4.84 Å². The van der Waals surface area contributed by atoms with Crippen LogP contribution in [0.15, 0.2) is 0 Å². The summed E-state index contributed by atoms with van der Waals surface area (Å²) in [5.74, 6) is 4.76. The van der Waals surface area contributed by atoms with Gasteiger partial charge in [0.2, 0.25) is 0 Å². The lowest BCUT2D eigenvalue weighted by atomic mass is 10.0. The zero-order valence-electron chi connectivity index (χ0n) is 6.46. The van der Waals surface area contributed by atoms with Crippen LogP contribution in [0.5, 0.6) is 0 Å². The molecule has 1 fully saturated rings. The molecule has 1 heterocycles. The molecule has 0 radical (unpaired) electrons. The fraction of sp³-hybridized carbons (Fsp3) is 1.00. The van der Waals surface area contributed by atoms with Crippen molar-refractivity contribution in [1.29, 1.82) is 0 Å². The minimum absolute atomic E-state index is 0.00222. The van der Waals surface area contributed by atoms with Gasteiger partial charge < -0.3 is 24.9 Å². The molecule has 0 aliphatic carbocycles. The summed E-state index contributed by atoms with van der Waals surface area (Å²) in [4.78, 5) is 4.24. The molecule has 0 spiro atoms. The maximum absolute atomic E-state index is 9.26. The second-order valence-electron chi connectivity index (χ2n) is 2.76. The number of hydrogen-bond acceptors (Lipinski definition) is 6. The minimum Gasteiger partial charge on any atom is -0.390 e. The summed E-state index contributed by atoms with van der Waals surface area (Å²) in [7, 11) is 0. The Labute approximate surface area is 69.5 Å². The van der Waals surface area contributed by atoms with Gasteiger partial charge in [0.1, 0.15) is 12.2 Å². The molecule has 12 heavy (non-hydrogen) atoms. The average molecular weight is 179 g/mol. The summed E-state index contributed by atoms with van der Waals surface area (Å²) in [5.41, 5.74) is 0. The first-order valence-electron chi connectivity index (χ1n) is 3.66.